The minimum Gasteiger partial charge on any atom is -0.350 e. The SMILES string of the molecule is O=C(C=Cc1ccccc1)NC[C@H]1[C@@H]2CNC[C@@H](C2)c2cccc(=O)n21. The summed E-state index contributed by atoms with van der Waals surface area (Å²) < 4.78 is 1.90. The summed E-state index contributed by atoms with van der Waals surface area (Å²) in [6.07, 6.45) is 4.42. The average Bonchev–Trinajstić information content (AvgIpc) is 2.68. The number of rotatable bonds is 4. The molecule has 0 unspecified atom stereocenters. The number of hydrogen-bond donors (Lipinski definition) is 2. The van der Waals surface area contributed by atoms with Gasteiger partial charge in [-0.1, -0.05) is 36.4 Å². The Morgan fingerprint density at radius 3 is 2.85 bits per heavy atom. The van der Waals surface area contributed by atoms with Gasteiger partial charge in [0.2, 0.25) is 5.91 Å². The first-order chi connectivity index (χ1) is 12.7. The van der Waals surface area contributed by atoms with Crippen molar-refractivity contribution in [3.05, 3.63) is 76.2 Å². The molecule has 3 heterocycles. The molecule has 2 aliphatic heterocycles. The van der Waals surface area contributed by atoms with E-state index in [4.69, 9.17) is 0 Å². The lowest BCUT2D eigenvalue weighted by Crippen LogP contribution is -2.50. The van der Waals surface area contributed by atoms with E-state index in [0.29, 0.717) is 18.4 Å². The molecule has 1 saturated heterocycles. The fraction of sp³-hybridized carbons (Fsp3) is 0.333. The van der Waals surface area contributed by atoms with Gasteiger partial charge in [0.15, 0.2) is 0 Å². The number of nitrogens with one attached hydrogen (secondary N) is 2. The standard InChI is InChI=1S/C21H23N3O2/c25-20(10-9-15-5-2-1-3-6-15)23-14-19-17-11-16(12-22-13-17)18-7-4-8-21(26)24(18)19/h1-10,16-17,19,22H,11-14H2,(H,23,25)/t16-,17+,19+/m1/s1. The smallest absolute Gasteiger partial charge is 0.251 e. The van der Waals surface area contributed by atoms with Gasteiger partial charge in [0.1, 0.15) is 0 Å². The summed E-state index contributed by atoms with van der Waals surface area (Å²) in [5.41, 5.74) is 2.10. The highest BCUT2D eigenvalue weighted by Crippen LogP contribution is 2.37. The molecule has 1 amide bonds. The van der Waals surface area contributed by atoms with Crippen LogP contribution in [0.1, 0.15) is 29.6 Å². The summed E-state index contributed by atoms with van der Waals surface area (Å²) in [5.74, 6) is 0.609. The van der Waals surface area contributed by atoms with Gasteiger partial charge >= 0.3 is 0 Å². The number of pyridine rings is 1. The number of benzene rings is 1. The van der Waals surface area contributed by atoms with Crippen molar-refractivity contribution >= 4 is 12.0 Å². The molecule has 2 bridgehead atoms. The van der Waals surface area contributed by atoms with Gasteiger partial charge in [-0.2, -0.15) is 0 Å². The molecule has 0 aliphatic carbocycles. The van der Waals surface area contributed by atoms with E-state index in [-0.39, 0.29) is 17.5 Å². The topological polar surface area (TPSA) is 63.1 Å². The molecule has 4 rings (SSSR count). The maximum Gasteiger partial charge on any atom is 0.251 e. The van der Waals surface area contributed by atoms with Crippen molar-refractivity contribution in [3.8, 4) is 0 Å². The molecule has 2 aromatic rings. The fourth-order valence-electron chi connectivity index (χ4n) is 4.17. The number of piperidine rings is 1. The van der Waals surface area contributed by atoms with Crippen LogP contribution in [0.3, 0.4) is 0 Å². The molecule has 2 N–H and O–H groups in total. The summed E-state index contributed by atoms with van der Waals surface area (Å²) in [7, 11) is 0. The van der Waals surface area contributed by atoms with Crippen LogP contribution in [0.5, 0.6) is 0 Å². The van der Waals surface area contributed by atoms with Crippen LogP contribution in [-0.2, 0) is 4.79 Å². The number of hydrogen-bond acceptors (Lipinski definition) is 3. The van der Waals surface area contributed by atoms with Crippen LogP contribution >= 0.6 is 0 Å². The highest BCUT2D eigenvalue weighted by Gasteiger charge is 2.37. The predicted molar refractivity (Wildman–Crippen MR) is 102 cm³/mol. The van der Waals surface area contributed by atoms with Gasteiger partial charge in [0.25, 0.3) is 5.56 Å². The summed E-state index contributed by atoms with van der Waals surface area (Å²) in [6.45, 7) is 2.27. The zero-order valence-electron chi connectivity index (χ0n) is 14.6. The van der Waals surface area contributed by atoms with E-state index in [2.05, 4.69) is 10.6 Å². The van der Waals surface area contributed by atoms with E-state index in [1.807, 2.05) is 47.0 Å². The monoisotopic (exact) mass is 349 g/mol. The summed E-state index contributed by atoms with van der Waals surface area (Å²) in [5, 5.41) is 6.45. The molecule has 0 saturated carbocycles. The van der Waals surface area contributed by atoms with Crippen molar-refractivity contribution in [3.63, 3.8) is 0 Å². The van der Waals surface area contributed by atoms with Crippen molar-refractivity contribution < 1.29 is 4.79 Å². The normalized spacial score (nSPS) is 24.2. The van der Waals surface area contributed by atoms with Crippen molar-refractivity contribution in [2.24, 2.45) is 5.92 Å². The van der Waals surface area contributed by atoms with E-state index in [1.165, 1.54) is 0 Å². The molecule has 3 atom stereocenters. The number of fused-ring (bicyclic) bond motifs is 4. The average molecular weight is 349 g/mol. The Balaban J connectivity index is 1.49. The second-order valence-corrected chi connectivity index (χ2v) is 7.07. The molecule has 0 spiro atoms. The second-order valence-electron chi connectivity index (χ2n) is 7.07. The first kappa shape index (κ1) is 16.8. The lowest BCUT2D eigenvalue weighted by atomic mass is 9.79. The van der Waals surface area contributed by atoms with E-state index < -0.39 is 0 Å². The second kappa shape index (κ2) is 7.30. The van der Waals surface area contributed by atoms with Crippen molar-refractivity contribution in [2.45, 2.75) is 18.4 Å². The van der Waals surface area contributed by atoms with E-state index in [1.54, 1.807) is 18.2 Å². The molecule has 0 radical (unpaired) electrons. The van der Waals surface area contributed by atoms with Crippen molar-refractivity contribution in [1.29, 1.82) is 0 Å². The molecule has 1 aromatic carbocycles. The maximum absolute atomic E-state index is 12.5. The van der Waals surface area contributed by atoms with Crippen LogP contribution < -0.4 is 16.2 Å². The maximum atomic E-state index is 12.5. The lowest BCUT2D eigenvalue weighted by molar-refractivity contribution is -0.116. The van der Waals surface area contributed by atoms with Crippen LogP contribution in [0, 0.1) is 5.92 Å². The number of amides is 1. The molecule has 1 fully saturated rings. The van der Waals surface area contributed by atoms with Crippen LogP contribution in [0.25, 0.3) is 6.08 Å². The van der Waals surface area contributed by atoms with E-state index in [9.17, 15) is 9.59 Å². The van der Waals surface area contributed by atoms with Crippen LogP contribution in [0.15, 0.2) is 59.4 Å². The van der Waals surface area contributed by atoms with Gasteiger partial charge in [-0.15, -0.1) is 0 Å². The highest BCUT2D eigenvalue weighted by atomic mass is 16.1. The molecule has 26 heavy (non-hydrogen) atoms. The van der Waals surface area contributed by atoms with Crippen LogP contribution in [0.2, 0.25) is 0 Å². The summed E-state index contributed by atoms with van der Waals surface area (Å²) in [6, 6.07) is 15.2. The minimum atomic E-state index is -0.134. The molecule has 134 valence electrons. The largest absolute Gasteiger partial charge is 0.350 e. The number of carbonyl (C=O) groups is 1. The Bertz CT molecular complexity index is 872. The molecule has 5 heteroatoms. The Kier molecular flexibility index (Phi) is 4.71. The van der Waals surface area contributed by atoms with Crippen molar-refractivity contribution in [2.75, 3.05) is 19.6 Å². The fourth-order valence-corrected chi connectivity index (χ4v) is 4.17. The van der Waals surface area contributed by atoms with Crippen LogP contribution in [0.4, 0.5) is 0 Å². The Labute approximate surface area is 152 Å². The third-order valence-corrected chi connectivity index (χ3v) is 5.41. The number of aromatic nitrogens is 1. The van der Waals surface area contributed by atoms with Gasteiger partial charge in [-0.3, -0.25) is 9.59 Å². The Hall–Kier alpha value is -2.66. The molecular formula is C21H23N3O2. The zero-order valence-corrected chi connectivity index (χ0v) is 14.6. The third-order valence-electron chi connectivity index (χ3n) is 5.41. The first-order valence-electron chi connectivity index (χ1n) is 9.15. The van der Waals surface area contributed by atoms with Gasteiger partial charge in [0.05, 0.1) is 6.04 Å². The quantitative estimate of drug-likeness (QED) is 0.829. The molecule has 2 aliphatic rings. The van der Waals surface area contributed by atoms with Gasteiger partial charge in [-0.05, 0) is 30.0 Å². The lowest BCUT2D eigenvalue weighted by Gasteiger charge is -2.43. The van der Waals surface area contributed by atoms with Crippen molar-refractivity contribution in [1.82, 2.24) is 15.2 Å². The van der Waals surface area contributed by atoms with Gasteiger partial charge in [0, 0.05) is 43.4 Å². The third kappa shape index (κ3) is 3.35. The van der Waals surface area contributed by atoms with E-state index >= 15 is 0 Å². The number of carbonyl (C=O) groups excluding carboxylic acids is 1. The predicted octanol–water partition coefficient (Wildman–Crippen LogP) is 1.93. The number of nitrogens with zero attached hydrogens (tertiary/aromatic N) is 1. The van der Waals surface area contributed by atoms with Gasteiger partial charge in [-0.25, -0.2) is 0 Å². The highest BCUT2D eigenvalue weighted by molar-refractivity contribution is 5.91. The summed E-state index contributed by atoms with van der Waals surface area (Å²) >= 11 is 0. The van der Waals surface area contributed by atoms with Crippen LogP contribution in [-0.4, -0.2) is 30.1 Å². The van der Waals surface area contributed by atoms with E-state index in [0.717, 1.165) is 30.8 Å². The Morgan fingerprint density at radius 2 is 2.00 bits per heavy atom. The molecular weight excluding hydrogens is 326 g/mol. The Morgan fingerprint density at radius 1 is 1.15 bits per heavy atom. The molecule has 1 aromatic heterocycles. The molecule has 5 nitrogen and oxygen atoms in total. The first-order valence-corrected chi connectivity index (χ1v) is 9.15. The van der Waals surface area contributed by atoms with Gasteiger partial charge < -0.3 is 15.2 Å². The summed E-state index contributed by atoms with van der Waals surface area (Å²) in [4.78, 5) is 24.7. The zero-order chi connectivity index (χ0) is 17.9. The minimum absolute atomic E-state index is 0.00294.